The maximum atomic E-state index is 13.2. The Balaban J connectivity index is 2.92. The molecular formula is C10H13F2NO. The van der Waals surface area contributed by atoms with Gasteiger partial charge in [0.05, 0.1) is 6.61 Å². The zero-order chi connectivity index (χ0) is 10.7. The lowest BCUT2D eigenvalue weighted by Gasteiger charge is -2.09. The van der Waals surface area contributed by atoms with Gasteiger partial charge in [-0.2, -0.15) is 0 Å². The van der Waals surface area contributed by atoms with Crippen LogP contribution in [-0.2, 0) is 6.42 Å². The monoisotopic (exact) mass is 201 g/mol. The average molecular weight is 201 g/mol. The molecule has 0 aliphatic carbocycles. The van der Waals surface area contributed by atoms with Crippen molar-refractivity contribution in [3.8, 4) is 0 Å². The molecule has 0 saturated carbocycles. The number of benzene rings is 1. The van der Waals surface area contributed by atoms with E-state index in [4.69, 9.17) is 10.8 Å². The highest BCUT2D eigenvalue weighted by molar-refractivity contribution is 5.25. The summed E-state index contributed by atoms with van der Waals surface area (Å²) in [6.45, 7) is 1.25. The van der Waals surface area contributed by atoms with Crippen molar-refractivity contribution in [1.82, 2.24) is 0 Å². The number of nitrogens with two attached hydrogens (primary N) is 1. The van der Waals surface area contributed by atoms with E-state index < -0.39 is 17.7 Å². The van der Waals surface area contributed by atoms with Crippen molar-refractivity contribution in [1.29, 1.82) is 0 Å². The summed E-state index contributed by atoms with van der Waals surface area (Å²) < 4.78 is 26.3. The SMILES string of the molecule is Cc1cc(F)c(CC(N)CO)cc1F. The van der Waals surface area contributed by atoms with Gasteiger partial charge in [0.25, 0.3) is 0 Å². The standard InChI is InChI=1S/C10H13F2NO/c1-6-2-10(12)7(4-9(6)11)3-8(13)5-14/h2,4,8,14H,3,5,13H2,1H3. The van der Waals surface area contributed by atoms with Gasteiger partial charge in [-0.3, -0.25) is 0 Å². The van der Waals surface area contributed by atoms with Crippen molar-refractivity contribution in [2.24, 2.45) is 5.73 Å². The van der Waals surface area contributed by atoms with Gasteiger partial charge in [0.1, 0.15) is 11.6 Å². The summed E-state index contributed by atoms with van der Waals surface area (Å²) in [5, 5.41) is 8.67. The van der Waals surface area contributed by atoms with Crippen LogP contribution in [0.3, 0.4) is 0 Å². The van der Waals surface area contributed by atoms with Gasteiger partial charge >= 0.3 is 0 Å². The lowest BCUT2D eigenvalue weighted by molar-refractivity contribution is 0.264. The third-order valence-corrected chi connectivity index (χ3v) is 2.04. The van der Waals surface area contributed by atoms with Crippen molar-refractivity contribution in [3.05, 3.63) is 34.9 Å². The van der Waals surface area contributed by atoms with Crippen LogP contribution in [0.2, 0.25) is 0 Å². The molecule has 3 N–H and O–H groups in total. The Bertz CT molecular complexity index is 328. The fourth-order valence-electron chi connectivity index (χ4n) is 1.19. The Hall–Kier alpha value is -1.00. The molecule has 0 amide bonds. The van der Waals surface area contributed by atoms with Gasteiger partial charge in [0.15, 0.2) is 0 Å². The van der Waals surface area contributed by atoms with E-state index in [0.29, 0.717) is 0 Å². The Kier molecular flexibility index (Phi) is 3.55. The van der Waals surface area contributed by atoms with Gasteiger partial charge in [-0.25, -0.2) is 8.78 Å². The molecule has 0 aliphatic heterocycles. The number of halogens is 2. The molecule has 1 aromatic rings. The molecule has 78 valence electrons. The predicted molar refractivity (Wildman–Crippen MR) is 49.9 cm³/mol. The van der Waals surface area contributed by atoms with Crippen molar-refractivity contribution in [2.75, 3.05) is 6.61 Å². The zero-order valence-electron chi connectivity index (χ0n) is 7.93. The van der Waals surface area contributed by atoms with Crippen LogP contribution >= 0.6 is 0 Å². The number of aliphatic hydroxyl groups is 1. The van der Waals surface area contributed by atoms with E-state index in [1.807, 2.05) is 0 Å². The second kappa shape index (κ2) is 4.48. The molecule has 0 aliphatic rings. The minimum absolute atomic E-state index is 0.138. The number of aliphatic hydroxyl groups excluding tert-OH is 1. The van der Waals surface area contributed by atoms with Crippen LogP contribution in [0.4, 0.5) is 8.78 Å². The van der Waals surface area contributed by atoms with E-state index in [1.165, 1.54) is 6.92 Å². The van der Waals surface area contributed by atoms with Gasteiger partial charge in [-0.1, -0.05) is 0 Å². The molecular weight excluding hydrogens is 188 g/mol. The molecule has 0 heterocycles. The summed E-state index contributed by atoms with van der Waals surface area (Å²) in [5.74, 6) is -0.931. The third-order valence-electron chi connectivity index (χ3n) is 2.04. The minimum Gasteiger partial charge on any atom is -0.395 e. The first-order valence-electron chi connectivity index (χ1n) is 4.35. The Morgan fingerprint density at radius 1 is 1.36 bits per heavy atom. The minimum atomic E-state index is -0.549. The van der Waals surface area contributed by atoms with Crippen LogP contribution in [0.15, 0.2) is 12.1 Å². The second-order valence-electron chi connectivity index (χ2n) is 3.34. The average Bonchev–Trinajstić information content (AvgIpc) is 2.14. The molecule has 0 aromatic heterocycles. The van der Waals surface area contributed by atoms with E-state index in [-0.39, 0.29) is 24.2 Å². The summed E-state index contributed by atoms with van der Waals surface area (Å²) in [5.41, 5.74) is 5.89. The molecule has 0 radical (unpaired) electrons. The van der Waals surface area contributed by atoms with E-state index >= 15 is 0 Å². The number of hydrogen-bond donors (Lipinski definition) is 2. The van der Waals surface area contributed by atoms with Crippen molar-refractivity contribution in [3.63, 3.8) is 0 Å². The van der Waals surface area contributed by atoms with Crippen molar-refractivity contribution in [2.45, 2.75) is 19.4 Å². The van der Waals surface area contributed by atoms with Gasteiger partial charge in [0, 0.05) is 6.04 Å². The molecule has 1 rings (SSSR count). The fraction of sp³-hybridized carbons (Fsp3) is 0.400. The van der Waals surface area contributed by atoms with E-state index in [2.05, 4.69) is 0 Å². The quantitative estimate of drug-likeness (QED) is 0.770. The van der Waals surface area contributed by atoms with Crippen molar-refractivity contribution >= 4 is 0 Å². The molecule has 14 heavy (non-hydrogen) atoms. The fourth-order valence-corrected chi connectivity index (χ4v) is 1.19. The highest BCUT2D eigenvalue weighted by Crippen LogP contribution is 2.15. The topological polar surface area (TPSA) is 46.2 Å². The Morgan fingerprint density at radius 2 is 2.00 bits per heavy atom. The predicted octanol–water partition coefficient (Wildman–Crippen LogP) is 1.14. The van der Waals surface area contributed by atoms with Crippen LogP contribution in [0.1, 0.15) is 11.1 Å². The summed E-state index contributed by atoms with van der Waals surface area (Å²) >= 11 is 0. The van der Waals surface area contributed by atoms with E-state index in [1.54, 1.807) is 0 Å². The third kappa shape index (κ3) is 2.49. The Morgan fingerprint density at radius 3 is 2.57 bits per heavy atom. The summed E-state index contributed by atoms with van der Waals surface area (Å²) in [7, 11) is 0. The van der Waals surface area contributed by atoms with Crippen LogP contribution in [0, 0.1) is 18.6 Å². The number of hydrogen-bond acceptors (Lipinski definition) is 2. The highest BCUT2D eigenvalue weighted by atomic mass is 19.1. The largest absolute Gasteiger partial charge is 0.395 e. The smallest absolute Gasteiger partial charge is 0.126 e. The first-order chi connectivity index (χ1) is 6.54. The molecule has 0 bridgehead atoms. The van der Waals surface area contributed by atoms with Gasteiger partial charge in [-0.15, -0.1) is 0 Å². The second-order valence-corrected chi connectivity index (χ2v) is 3.34. The lowest BCUT2D eigenvalue weighted by atomic mass is 10.0. The molecule has 0 saturated heterocycles. The Labute approximate surface area is 81.4 Å². The molecule has 2 nitrogen and oxygen atoms in total. The maximum Gasteiger partial charge on any atom is 0.126 e. The zero-order valence-corrected chi connectivity index (χ0v) is 7.93. The van der Waals surface area contributed by atoms with Crippen LogP contribution in [-0.4, -0.2) is 17.8 Å². The normalized spacial score (nSPS) is 12.9. The van der Waals surface area contributed by atoms with E-state index in [9.17, 15) is 8.78 Å². The first-order valence-corrected chi connectivity index (χ1v) is 4.35. The summed E-state index contributed by atoms with van der Waals surface area (Å²) in [6.07, 6.45) is 0.138. The summed E-state index contributed by atoms with van der Waals surface area (Å²) in [4.78, 5) is 0. The first kappa shape index (κ1) is 11.1. The summed E-state index contributed by atoms with van der Waals surface area (Å²) in [6, 6.07) is 1.71. The van der Waals surface area contributed by atoms with Crippen LogP contribution in [0.5, 0.6) is 0 Å². The molecule has 0 fully saturated rings. The van der Waals surface area contributed by atoms with Gasteiger partial charge in [0.2, 0.25) is 0 Å². The molecule has 1 unspecified atom stereocenters. The molecule has 0 spiro atoms. The van der Waals surface area contributed by atoms with E-state index in [0.717, 1.165) is 12.1 Å². The van der Waals surface area contributed by atoms with Gasteiger partial charge in [-0.05, 0) is 36.6 Å². The molecule has 1 atom stereocenters. The highest BCUT2D eigenvalue weighted by Gasteiger charge is 2.10. The van der Waals surface area contributed by atoms with Crippen LogP contribution in [0.25, 0.3) is 0 Å². The molecule has 4 heteroatoms. The van der Waals surface area contributed by atoms with Gasteiger partial charge < -0.3 is 10.8 Å². The van der Waals surface area contributed by atoms with Crippen LogP contribution < -0.4 is 5.73 Å². The number of rotatable bonds is 3. The lowest BCUT2D eigenvalue weighted by Crippen LogP contribution is -2.27. The molecule has 1 aromatic carbocycles. The number of aryl methyl sites for hydroxylation is 1. The van der Waals surface area contributed by atoms with Crippen molar-refractivity contribution < 1.29 is 13.9 Å². The maximum absolute atomic E-state index is 13.2.